The van der Waals surface area contributed by atoms with Crippen LogP contribution in [0.4, 0.5) is 13.2 Å². The van der Waals surface area contributed by atoms with E-state index >= 15 is 0 Å². The second kappa shape index (κ2) is 5.65. The second-order valence-corrected chi connectivity index (χ2v) is 3.38. The molecule has 0 unspecified atom stereocenters. The van der Waals surface area contributed by atoms with Gasteiger partial charge < -0.3 is 4.74 Å². The Morgan fingerprint density at radius 1 is 1.53 bits per heavy atom. The number of carbonyl (C=O) groups is 1. The minimum Gasteiger partial charge on any atom is -0.466 e. The number of aromatic nitrogens is 1. The highest BCUT2D eigenvalue weighted by Crippen LogP contribution is 2.22. The molecule has 0 saturated heterocycles. The predicted octanol–water partition coefficient (Wildman–Crippen LogP) is 2.57. The quantitative estimate of drug-likeness (QED) is 0.767. The Bertz CT molecular complexity index is 421. The molecule has 0 aliphatic carbocycles. The molecule has 0 saturated carbocycles. The molecule has 0 bridgehead atoms. The molecule has 0 aliphatic rings. The molecule has 0 aromatic carbocycles. The van der Waals surface area contributed by atoms with Crippen LogP contribution in [0.1, 0.15) is 30.3 Å². The highest BCUT2D eigenvalue weighted by atomic mass is 19.3. The van der Waals surface area contributed by atoms with Crippen LogP contribution in [0, 0.1) is 12.7 Å². The van der Waals surface area contributed by atoms with Gasteiger partial charge in [-0.25, -0.2) is 18.2 Å². The van der Waals surface area contributed by atoms with Crippen molar-refractivity contribution in [1.82, 2.24) is 4.98 Å². The lowest BCUT2D eigenvalue weighted by molar-refractivity contribution is -0.142. The molecule has 0 N–H and O–H groups in total. The number of carbonyl (C=O) groups excluding carboxylic acids is 1. The lowest BCUT2D eigenvalue weighted by Gasteiger charge is -2.08. The van der Waals surface area contributed by atoms with Crippen LogP contribution < -0.4 is 0 Å². The van der Waals surface area contributed by atoms with E-state index in [4.69, 9.17) is 0 Å². The van der Waals surface area contributed by atoms with Crippen molar-refractivity contribution in [3.8, 4) is 0 Å². The largest absolute Gasteiger partial charge is 0.466 e. The normalized spacial score (nSPS) is 10.7. The summed E-state index contributed by atoms with van der Waals surface area (Å²) in [5.41, 5.74) is -0.435. The monoisotopic (exact) mass is 247 g/mol. The molecule has 17 heavy (non-hydrogen) atoms. The van der Waals surface area contributed by atoms with E-state index in [1.807, 2.05) is 0 Å². The van der Waals surface area contributed by atoms with E-state index in [1.165, 1.54) is 6.92 Å². The number of nitrogens with zero attached hydrogens (tertiary/aromatic N) is 1. The number of rotatable bonds is 4. The fourth-order valence-corrected chi connectivity index (χ4v) is 1.34. The molecule has 0 fully saturated rings. The van der Waals surface area contributed by atoms with Crippen molar-refractivity contribution in [1.29, 1.82) is 0 Å². The van der Waals surface area contributed by atoms with Gasteiger partial charge in [0.05, 0.1) is 13.0 Å². The summed E-state index contributed by atoms with van der Waals surface area (Å²) in [5, 5.41) is 0. The van der Waals surface area contributed by atoms with E-state index in [0.717, 1.165) is 6.07 Å². The third-order valence-electron chi connectivity index (χ3n) is 2.15. The molecule has 1 rings (SSSR count). The summed E-state index contributed by atoms with van der Waals surface area (Å²) in [6.07, 6.45) is -3.14. The Balaban J connectivity index is 2.95. The highest BCUT2D eigenvalue weighted by molar-refractivity contribution is 5.72. The first-order valence-corrected chi connectivity index (χ1v) is 5.05. The van der Waals surface area contributed by atoms with Crippen LogP contribution in [-0.4, -0.2) is 17.6 Å². The molecular formula is C11H12F3NO2. The molecule has 0 radical (unpaired) electrons. The first kappa shape index (κ1) is 13.5. The van der Waals surface area contributed by atoms with Crippen LogP contribution in [-0.2, 0) is 16.0 Å². The summed E-state index contributed by atoms with van der Waals surface area (Å²) in [7, 11) is 0. The number of ether oxygens (including phenoxy) is 1. The number of alkyl halides is 2. The van der Waals surface area contributed by atoms with Gasteiger partial charge in [0.1, 0.15) is 5.69 Å². The molecule has 0 amide bonds. The van der Waals surface area contributed by atoms with Crippen molar-refractivity contribution in [2.24, 2.45) is 0 Å². The van der Waals surface area contributed by atoms with Crippen molar-refractivity contribution in [3.63, 3.8) is 0 Å². The van der Waals surface area contributed by atoms with Gasteiger partial charge in [-0.3, -0.25) is 4.79 Å². The zero-order valence-electron chi connectivity index (χ0n) is 9.47. The van der Waals surface area contributed by atoms with E-state index in [9.17, 15) is 18.0 Å². The number of hydrogen-bond donors (Lipinski definition) is 0. The summed E-state index contributed by atoms with van der Waals surface area (Å²) < 4.78 is 42.6. The van der Waals surface area contributed by atoms with Crippen molar-refractivity contribution in [2.75, 3.05) is 6.61 Å². The van der Waals surface area contributed by atoms with Crippen LogP contribution in [0.2, 0.25) is 0 Å². The first-order chi connectivity index (χ1) is 7.95. The number of aryl methyl sites for hydroxylation is 1. The van der Waals surface area contributed by atoms with Gasteiger partial charge in [-0.15, -0.1) is 0 Å². The third kappa shape index (κ3) is 3.44. The maximum atomic E-state index is 13.2. The van der Waals surface area contributed by atoms with E-state index in [2.05, 4.69) is 9.72 Å². The SMILES string of the molecule is CCOC(=O)Cc1cc(F)c(C(F)F)nc1C. The average Bonchev–Trinajstić information content (AvgIpc) is 2.22. The van der Waals surface area contributed by atoms with Crippen LogP contribution >= 0.6 is 0 Å². The summed E-state index contributed by atoms with van der Waals surface area (Å²) in [6.45, 7) is 3.30. The Hall–Kier alpha value is -1.59. The summed E-state index contributed by atoms with van der Waals surface area (Å²) in [6, 6.07) is 0.904. The van der Waals surface area contributed by atoms with Crippen LogP contribution in [0.3, 0.4) is 0 Å². The van der Waals surface area contributed by atoms with Gasteiger partial charge in [-0.1, -0.05) is 0 Å². The zero-order chi connectivity index (χ0) is 13.0. The van der Waals surface area contributed by atoms with Crippen molar-refractivity contribution in [2.45, 2.75) is 26.7 Å². The molecule has 0 spiro atoms. The lowest BCUT2D eigenvalue weighted by atomic mass is 10.1. The van der Waals surface area contributed by atoms with Gasteiger partial charge in [0.15, 0.2) is 5.82 Å². The van der Waals surface area contributed by atoms with Gasteiger partial charge >= 0.3 is 5.97 Å². The highest BCUT2D eigenvalue weighted by Gasteiger charge is 2.18. The third-order valence-corrected chi connectivity index (χ3v) is 2.15. The van der Waals surface area contributed by atoms with E-state index in [1.54, 1.807) is 6.92 Å². The van der Waals surface area contributed by atoms with Crippen LogP contribution in [0.25, 0.3) is 0 Å². The molecule has 1 heterocycles. The van der Waals surface area contributed by atoms with E-state index in [0.29, 0.717) is 0 Å². The standard InChI is InChI=1S/C11H12F3NO2/c1-3-17-9(16)5-7-4-8(12)10(11(13)14)15-6(7)2/h4,11H,3,5H2,1-2H3. The molecule has 0 atom stereocenters. The number of esters is 1. The molecule has 0 aliphatic heterocycles. The summed E-state index contributed by atoms with van der Waals surface area (Å²) in [4.78, 5) is 14.6. The smallest absolute Gasteiger partial charge is 0.310 e. The van der Waals surface area contributed by atoms with E-state index < -0.39 is 23.9 Å². The Kier molecular flexibility index (Phi) is 4.48. The fourth-order valence-electron chi connectivity index (χ4n) is 1.34. The average molecular weight is 247 g/mol. The minimum atomic E-state index is -2.97. The van der Waals surface area contributed by atoms with Crippen LogP contribution in [0.15, 0.2) is 6.07 Å². The summed E-state index contributed by atoms with van der Waals surface area (Å²) >= 11 is 0. The maximum absolute atomic E-state index is 13.2. The molecule has 3 nitrogen and oxygen atoms in total. The first-order valence-electron chi connectivity index (χ1n) is 5.05. The van der Waals surface area contributed by atoms with Gasteiger partial charge in [0.25, 0.3) is 6.43 Å². The lowest BCUT2D eigenvalue weighted by Crippen LogP contribution is -2.11. The number of pyridine rings is 1. The van der Waals surface area contributed by atoms with Crippen LogP contribution in [0.5, 0.6) is 0 Å². The minimum absolute atomic E-state index is 0.174. The van der Waals surface area contributed by atoms with Gasteiger partial charge in [0, 0.05) is 5.69 Å². The van der Waals surface area contributed by atoms with Crippen molar-refractivity contribution < 1.29 is 22.7 Å². The Morgan fingerprint density at radius 2 is 2.18 bits per heavy atom. The second-order valence-electron chi connectivity index (χ2n) is 3.38. The van der Waals surface area contributed by atoms with Gasteiger partial charge in [0.2, 0.25) is 0 Å². The molecular weight excluding hydrogens is 235 g/mol. The Labute approximate surface area is 96.6 Å². The molecule has 1 aromatic heterocycles. The number of halogens is 3. The molecule has 6 heteroatoms. The van der Waals surface area contributed by atoms with Crippen molar-refractivity contribution >= 4 is 5.97 Å². The van der Waals surface area contributed by atoms with E-state index in [-0.39, 0.29) is 24.3 Å². The zero-order valence-corrected chi connectivity index (χ0v) is 9.47. The maximum Gasteiger partial charge on any atom is 0.310 e. The molecule has 94 valence electrons. The van der Waals surface area contributed by atoms with Gasteiger partial charge in [-0.05, 0) is 25.5 Å². The Morgan fingerprint density at radius 3 is 2.71 bits per heavy atom. The molecule has 1 aromatic rings. The van der Waals surface area contributed by atoms with Crippen molar-refractivity contribution in [3.05, 3.63) is 28.8 Å². The predicted molar refractivity (Wildman–Crippen MR) is 54.2 cm³/mol. The number of hydrogen-bond acceptors (Lipinski definition) is 3. The topological polar surface area (TPSA) is 39.2 Å². The fraction of sp³-hybridized carbons (Fsp3) is 0.455. The summed E-state index contributed by atoms with van der Waals surface area (Å²) in [5.74, 6) is -1.65. The van der Waals surface area contributed by atoms with Gasteiger partial charge in [-0.2, -0.15) is 0 Å².